The number of piperazine rings is 1. The molecule has 0 spiro atoms. The molecule has 1 amide bonds. The van der Waals surface area contributed by atoms with Gasteiger partial charge in [0.05, 0.1) is 135 Å². The molecule has 13 rings (SSSR count). The van der Waals surface area contributed by atoms with Gasteiger partial charge in [-0.15, -0.1) is 0 Å². The van der Waals surface area contributed by atoms with Crippen molar-refractivity contribution in [1.82, 2.24) is 124 Å². The summed E-state index contributed by atoms with van der Waals surface area (Å²) in [5.41, 5.74) is 19.5. The molecule has 133 heavy (non-hydrogen) atoms. The minimum Gasteiger partial charge on any atom is -0.447 e. The van der Waals surface area contributed by atoms with Crippen molar-refractivity contribution in [3.63, 3.8) is 0 Å². The number of carbonyl (C=O) groups excluding carboxylic acids is 1. The molecule has 7 aromatic heterocycles. The van der Waals surface area contributed by atoms with Gasteiger partial charge in [-0.25, -0.2) is 75.9 Å². The lowest BCUT2D eigenvalue weighted by molar-refractivity contribution is -0.142. The van der Waals surface area contributed by atoms with E-state index < -0.39 is 166 Å². The molecule has 0 radical (unpaired) electrons. The largest absolute Gasteiger partial charge is 0.447 e. The number of hydrogen-bond acceptors (Lipinski definition) is 37. The summed E-state index contributed by atoms with van der Waals surface area (Å²) < 4.78 is 184. The van der Waals surface area contributed by atoms with Crippen LogP contribution in [0.15, 0.2) is 72.1 Å². The number of morpholine rings is 5. The predicted molar refractivity (Wildman–Crippen MR) is 479 cm³/mol. The van der Waals surface area contributed by atoms with Crippen LogP contribution in [-0.4, -0.2) is 407 Å². The highest BCUT2D eigenvalue weighted by atomic mass is 31.2. The molecule has 6 fully saturated rings. The Kier molecular flexibility index (Phi) is 33.2. The maximum Gasteiger partial charge on any atom is 0.409 e. The summed E-state index contributed by atoms with van der Waals surface area (Å²) in [7, 11) is -6.60. The highest BCUT2D eigenvalue weighted by Crippen LogP contribution is 2.61. The lowest BCUT2D eigenvalue weighted by atomic mass is 10.2. The van der Waals surface area contributed by atoms with Gasteiger partial charge in [0.2, 0.25) is 11.9 Å². The van der Waals surface area contributed by atoms with E-state index in [9.17, 15) is 33.6 Å². The molecule has 12 N–H and O–H groups in total. The molecule has 61 heteroatoms. The molecule has 13 heterocycles. The number of rotatable bonds is 39. The minimum absolute atomic E-state index is 0.00889. The number of carbonyl (C=O) groups is 1. The van der Waals surface area contributed by atoms with Crippen LogP contribution in [-0.2, 0) is 83.3 Å². The van der Waals surface area contributed by atoms with Gasteiger partial charge >= 0.3 is 61.5 Å². The molecular weight excluding hydrogens is 1860 g/mol. The number of aromatic amines is 3. The van der Waals surface area contributed by atoms with Crippen molar-refractivity contribution in [2.45, 2.75) is 88.5 Å². The first-order chi connectivity index (χ1) is 63.0. The van der Waals surface area contributed by atoms with Crippen LogP contribution in [0.25, 0.3) is 22.3 Å². The normalized spacial score (nSPS) is 25.1. The number of nitrogens with two attached hydrogens (primary N) is 4. The number of nitrogen functional groups attached to an aromatic ring is 4. The van der Waals surface area contributed by atoms with Gasteiger partial charge in [0.15, 0.2) is 41.0 Å². The zero-order valence-electron chi connectivity index (χ0n) is 76.1. The van der Waals surface area contributed by atoms with E-state index in [1.807, 2.05) is 13.8 Å². The number of aromatic nitrogens is 14. The quantitative estimate of drug-likeness (QED) is 0.0162. The maximum atomic E-state index is 16.6. The van der Waals surface area contributed by atoms with Crippen molar-refractivity contribution in [2.24, 2.45) is 0 Å². The van der Waals surface area contributed by atoms with Gasteiger partial charge in [0, 0.05) is 95.6 Å². The van der Waals surface area contributed by atoms with E-state index in [1.165, 1.54) is 167 Å². The molecule has 6 aliphatic heterocycles. The Morgan fingerprint density at radius 1 is 0.451 bits per heavy atom. The zero-order chi connectivity index (χ0) is 96.1. The van der Waals surface area contributed by atoms with Gasteiger partial charge in [-0.1, -0.05) is 0 Å². The van der Waals surface area contributed by atoms with Crippen LogP contribution >= 0.6 is 38.4 Å². The van der Waals surface area contributed by atoms with Gasteiger partial charge in [-0.2, -0.15) is 19.9 Å². The summed E-state index contributed by atoms with van der Waals surface area (Å²) >= 11 is 0. The second kappa shape index (κ2) is 43.2. The average Bonchev–Trinajstić information content (AvgIpc) is 1.76. The van der Waals surface area contributed by atoms with Gasteiger partial charge in [0.1, 0.15) is 30.7 Å². The number of imidazole rings is 2. The molecular formula is C72H119N30O26P5. The number of aliphatic hydroxyl groups is 1. The summed E-state index contributed by atoms with van der Waals surface area (Å²) in [5.74, 6) is -0.656. The van der Waals surface area contributed by atoms with Crippen molar-refractivity contribution in [3.8, 4) is 0 Å². The standard InChI is InChI=1S/C72H119N30O26P5/c1-46(2)92-29-48(124-55(34-92)98-16-14-53(73)79-69(98)107)39-120-131(113,88(8)9)95-31-50(126-57(36-95)100-28-47(3)64(104)85-71(100)109)42-122-130(112,87(6)7)94-30-49(125-56(35-94)99-17-15-54(74)80-70(99)108)41-121-132(114,89(10)11)97-33-52(128-59(38-97)102-45-78-61-63(102)82-68(76)84-66(61)106)43-123-133(115,90(12)13)96-32-51(127-58(37-96)101-44-77-60-62(101)81-67(75)83-65(60)105)40-119-129(111,86(4)5)93-20-18-91(19-21-93)72(110)118-27-26-117-25-24-116-23-22-103/h14-17,28,44-46,48-52,55-59,103H,18-27,29-43H2,1-13H3,(H2,73,79,107)(H2,74,80,108)(H,85,104,109)(H3,75,81,83,105)(H3,76,82,84,106)/t48-,49-,50-,51-,52-,55+,56+,57+,58+,59+,129?,130?,131?,132?,133?/m0/s1. The van der Waals surface area contributed by atoms with Crippen LogP contribution in [0.5, 0.6) is 0 Å². The van der Waals surface area contributed by atoms with Crippen LogP contribution in [0.4, 0.5) is 28.3 Å². The Morgan fingerprint density at radius 3 is 1.17 bits per heavy atom. The SMILES string of the molecule is Cc1cn([C@H]2CN(P(=O)(OC[C@@H]3CN(C(C)C)C[C@H](n4ccc(N)nc4=O)O3)N(C)C)C[C@@H](COP(=O)(N(C)C)N3C[C@@H](COP(=O)(N(C)C)N4C[C@@H](COP(=O)(N(C)C)N5C[C@@H](COP(=O)(N(C)C)N6CCN(C(=O)OCCOCCOCCO)CC6)O[C@@H](n6cnc7c(=O)[nH]c(N)nc76)C5)O[C@@H](n5cnc6c(=O)[nH]c(N)nc65)C4)O[C@@H](n4ccc(N)nc4=O)C3)O2)c(=O)[nH]c1=O. The van der Waals surface area contributed by atoms with Crippen molar-refractivity contribution >= 4 is 90.3 Å². The topological polar surface area (TPSA) is 637 Å². The van der Waals surface area contributed by atoms with Crippen LogP contribution < -0.4 is 56.7 Å². The third-order valence-electron chi connectivity index (χ3n) is 22.8. The highest BCUT2D eigenvalue weighted by Gasteiger charge is 2.52. The van der Waals surface area contributed by atoms with Crippen molar-refractivity contribution in [3.05, 3.63) is 111 Å². The number of H-pyrrole nitrogens is 3. The number of hydrogen-bond donors (Lipinski definition) is 8. The van der Waals surface area contributed by atoms with Gasteiger partial charge < -0.3 is 93.5 Å². The van der Waals surface area contributed by atoms with Crippen LogP contribution in [0.1, 0.15) is 50.6 Å². The number of anilines is 4. The van der Waals surface area contributed by atoms with E-state index in [2.05, 4.69) is 49.8 Å². The molecule has 6 aliphatic rings. The number of nitrogens with one attached hydrogen (secondary N) is 3. The Balaban J connectivity index is 0.759. The molecule has 738 valence electrons. The second-order valence-corrected chi connectivity index (χ2v) is 46.4. The first kappa shape index (κ1) is 102. The number of aliphatic hydroxyl groups excluding tert-OH is 1. The Bertz CT molecular complexity index is 5870. The lowest BCUT2D eigenvalue weighted by Gasteiger charge is -2.46. The Morgan fingerprint density at radius 2 is 0.797 bits per heavy atom. The van der Waals surface area contributed by atoms with E-state index in [0.717, 1.165) is 9.13 Å². The smallest absolute Gasteiger partial charge is 0.409 e. The molecule has 15 atom stereocenters. The van der Waals surface area contributed by atoms with E-state index >= 15 is 22.8 Å². The zero-order valence-corrected chi connectivity index (χ0v) is 80.5. The van der Waals surface area contributed by atoms with Gasteiger partial charge in [0.25, 0.3) is 16.7 Å². The number of nitrogens with zero attached hydrogens (tertiary/aromatic N) is 23. The summed E-state index contributed by atoms with van der Waals surface area (Å²) in [4.78, 5) is 130. The molecule has 7 aromatic rings. The average molecular weight is 1980 g/mol. The first-order valence-corrected chi connectivity index (χ1v) is 50.2. The summed E-state index contributed by atoms with van der Waals surface area (Å²) in [6.45, 7) is 2.11. The highest BCUT2D eigenvalue weighted by molar-refractivity contribution is 7.55. The molecule has 56 nitrogen and oxygen atoms in total. The Labute approximate surface area is 762 Å². The monoisotopic (exact) mass is 1970 g/mol. The minimum atomic E-state index is -4.54. The number of aryl methyl sites for hydroxylation is 1. The van der Waals surface area contributed by atoms with E-state index in [4.69, 9.17) is 88.6 Å². The van der Waals surface area contributed by atoms with Crippen LogP contribution in [0, 0.1) is 6.92 Å². The fraction of sp³-hybridized carbons (Fsp3) is 0.681. The van der Waals surface area contributed by atoms with Crippen LogP contribution in [0.3, 0.4) is 0 Å². The maximum absolute atomic E-state index is 16.6. The summed E-state index contributed by atoms with van der Waals surface area (Å²) in [6.07, 6.45) is -5.65. The van der Waals surface area contributed by atoms with Gasteiger partial charge in [-0.05, 0) is 103 Å². The molecule has 0 saturated carbocycles. The summed E-state index contributed by atoms with van der Waals surface area (Å²) in [6, 6.07) is 2.77. The summed E-state index contributed by atoms with van der Waals surface area (Å²) in [5, 5.41) is 8.94. The number of ether oxygens (including phenoxy) is 8. The van der Waals surface area contributed by atoms with Gasteiger partial charge in [-0.3, -0.25) is 79.9 Å². The third kappa shape index (κ3) is 23.1. The van der Waals surface area contributed by atoms with E-state index in [-0.39, 0.29) is 189 Å². The predicted octanol–water partition coefficient (Wildman–Crippen LogP) is -1.43. The fourth-order valence-corrected chi connectivity index (χ4v) is 25.8. The molecule has 5 unspecified atom stereocenters. The molecule has 0 aromatic carbocycles. The number of amides is 1. The lowest BCUT2D eigenvalue weighted by Crippen LogP contribution is -2.52. The van der Waals surface area contributed by atoms with Crippen molar-refractivity contribution in [1.29, 1.82) is 0 Å². The van der Waals surface area contributed by atoms with Crippen molar-refractivity contribution in [2.75, 3.05) is 258 Å². The van der Waals surface area contributed by atoms with Crippen LogP contribution in [0.2, 0.25) is 0 Å². The fourth-order valence-electron chi connectivity index (χ4n) is 15.9. The third-order valence-corrected chi connectivity index (χ3v) is 35.5. The molecule has 6 saturated heterocycles. The Hall–Kier alpha value is -8.20. The van der Waals surface area contributed by atoms with E-state index in [0.29, 0.717) is 6.54 Å². The molecule has 0 aliphatic carbocycles. The molecule has 0 bridgehead atoms. The van der Waals surface area contributed by atoms with Crippen molar-refractivity contribution < 1.29 is 93.2 Å². The number of fused-ring (bicyclic) bond motifs is 2. The first-order valence-electron chi connectivity index (χ1n) is 42.6. The second-order valence-electron chi connectivity index (χ2n) is 33.4. The van der Waals surface area contributed by atoms with E-state index in [1.54, 1.807) is 18.8 Å².